The summed E-state index contributed by atoms with van der Waals surface area (Å²) >= 11 is 0. The van der Waals surface area contributed by atoms with Crippen molar-refractivity contribution in [2.75, 3.05) is 7.11 Å². The quantitative estimate of drug-likeness (QED) is 0.790. The predicted octanol–water partition coefficient (Wildman–Crippen LogP) is 3.22. The summed E-state index contributed by atoms with van der Waals surface area (Å²) in [5, 5.41) is 0. The molecule has 2 aromatic carbocycles. The topological polar surface area (TPSA) is 26.3 Å². The largest absolute Gasteiger partial charge is 0.497 e. The fourth-order valence-corrected chi connectivity index (χ4v) is 3.77. The second kappa shape index (κ2) is 3.95. The van der Waals surface area contributed by atoms with Gasteiger partial charge in [-0.05, 0) is 48.1 Å². The molecule has 2 aliphatic carbocycles. The van der Waals surface area contributed by atoms with E-state index in [9.17, 15) is 4.79 Å². The van der Waals surface area contributed by atoms with Gasteiger partial charge in [-0.2, -0.15) is 0 Å². The Labute approximate surface area is 118 Å². The van der Waals surface area contributed by atoms with Crippen molar-refractivity contribution in [2.45, 2.75) is 19.3 Å². The van der Waals surface area contributed by atoms with Gasteiger partial charge in [0.25, 0.3) is 0 Å². The second-order valence-electron chi connectivity index (χ2n) is 5.93. The fraction of sp³-hybridized carbons (Fsp3) is 0.278. The van der Waals surface area contributed by atoms with E-state index in [0.717, 1.165) is 30.6 Å². The lowest BCUT2D eigenvalue weighted by atomic mass is 9.81. The van der Waals surface area contributed by atoms with Crippen LogP contribution in [0.5, 0.6) is 5.75 Å². The molecule has 0 saturated carbocycles. The number of hydrogen-bond acceptors (Lipinski definition) is 2. The van der Waals surface area contributed by atoms with Crippen molar-refractivity contribution in [1.29, 1.82) is 0 Å². The molecule has 1 atom stereocenters. The van der Waals surface area contributed by atoms with Crippen LogP contribution in [-0.2, 0) is 19.3 Å². The third kappa shape index (κ3) is 1.48. The zero-order valence-corrected chi connectivity index (χ0v) is 11.5. The molecule has 100 valence electrons. The number of fused-ring (bicyclic) bond motifs is 2. The molecule has 0 saturated heterocycles. The molecular weight excluding hydrogens is 248 g/mol. The van der Waals surface area contributed by atoms with E-state index in [4.69, 9.17) is 4.74 Å². The smallest absolute Gasteiger partial charge is 0.170 e. The highest BCUT2D eigenvalue weighted by atomic mass is 16.5. The summed E-state index contributed by atoms with van der Waals surface area (Å²) in [6.45, 7) is 0. The van der Waals surface area contributed by atoms with Gasteiger partial charge in [-0.25, -0.2) is 0 Å². The Morgan fingerprint density at radius 2 is 1.70 bits per heavy atom. The van der Waals surface area contributed by atoms with Crippen LogP contribution in [0.2, 0.25) is 0 Å². The van der Waals surface area contributed by atoms with Crippen LogP contribution in [0.3, 0.4) is 0 Å². The summed E-state index contributed by atoms with van der Waals surface area (Å²) in [7, 11) is 1.68. The van der Waals surface area contributed by atoms with Crippen molar-refractivity contribution in [3.05, 3.63) is 64.7 Å². The van der Waals surface area contributed by atoms with E-state index < -0.39 is 0 Å². The van der Waals surface area contributed by atoms with Crippen molar-refractivity contribution in [1.82, 2.24) is 0 Å². The second-order valence-corrected chi connectivity index (χ2v) is 5.93. The van der Waals surface area contributed by atoms with Gasteiger partial charge in [0.1, 0.15) is 5.75 Å². The normalized spacial score (nSPS) is 22.9. The molecule has 0 aromatic heterocycles. The van der Waals surface area contributed by atoms with Gasteiger partial charge < -0.3 is 4.74 Å². The van der Waals surface area contributed by atoms with E-state index in [1.54, 1.807) is 7.11 Å². The maximum atomic E-state index is 12.8. The summed E-state index contributed by atoms with van der Waals surface area (Å²) in [4.78, 5) is 12.8. The molecule has 1 unspecified atom stereocenters. The predicted molar refractivity (Wildman–Crippen MR) is 77.3 cm³/mol. The standard InChI is InChI=1S/C18H16O2/c1-20-15-7-6-12-9-18(11-14(12)8-15)10-13-4-2-3-5-16(13)17(18)19/h2-8H,9-11H2,1H3. The molecule has 0 aliphatic heterocycles. The van der Waals surface area contributed by atoms with Crippen LogP contribution in [-0.4, -0.2) is 12.9 Å². The van der Waals surface area contributed by atoms with Gasteiger partial charge in [-0.3, -0.25) is 4.79 Å². The van der Waals surface area contributed by atoms with Crippen LogP contribution in [0.4, 0.5) is 0 Å². The molecule has 20 heavy (non-hydrogen) atoms. The first-order chi connectivity index (χ1) is 9.72. The molecule has 0 fully saturated rings. The third-order valence-electron chi connectivity index (χ3n) is 4.74. The first-order valence-electron chi connectivity index (χ1n) is 7.00. The SMILES string of the molecule is COc1ccc2c(c1)CC1(C2)Cc2ccccc2C1=O. The molecule has 0 radical (unpaired) electrons. The van der Waals surface area contributed by atoms with E-state index in [1.807, 2.05) is 24.3 Å². The number of Topliss-reactive ketones (excluding diaryl/α,β-unsaturated/α-hetero) is 1. The molecule has 0 N–H and O–H groups in total. The molecule has 2 aromatic rings. The molecule has 0 bridgehead atoms. The number of hydrogen-bond donors (Lipinski definition) is 0. The summed E-state index contributed by atoms with van der Waals surface area (Å²) < 4.78 is 5.29. The monoisotopic (exact) mass is 264 g/mol. The van der Waals surface area contributed by atoms with Crippen molar-refractivity contribution in [3.8, 4) is 5.75 Å². The minimum atomic E-state index is -0.238. The fourth-order valence-electron chi connectivity index (χ4n) is 3.77. The summed E-state index contributed by atoms with van der Waals surface area (Å²) in [6, 6.07) is 14.2. The highest BCUT2D eigenvalue weighted by Gasteiger charge is 2.48. The van der Waals surface area contributed by atoms with Crippen LogP contribution in [0, 0.1) is 5.41 Å². The molecular formula is C18H16O2. The van der Waals surface area contributed by atoms with Crippen LogP contribution >= 0.6 is 0 Å². The number of carbonyl (C=O) groups is 1. The summed E-state index contributed by atoms with van der Waals surface area (Å²) in [5.41, 5.74) is 4.46. The van der Waals surface area contributed by atoms with Crippen LogP contribution < -0.4 is 4.74 Å². The first-order valence-corrected chi connectivity index (χ1v) is 7.00. The molecule has 4 rings (SSSR count). The van der Waals surface area contributed by atoms with E-state index >= 15 is 0 Å². The number of benzene rings is 2. The summed E-state index contributed by atoms with van der Waals surface area (Å²) in [5.74, 6) is 1.20. The number of methoxy groups -OCH3 is 1. The van der Waals surface area contributed by atoms with Gasteiger partial charge >= 0.3 is 0 Å². The van der Waals surface area contributed by atoms with Gasteiger partial charge in [0.05, 0.1) is 7.11 Å². The average Bonchev–Trinajstić information content (AvgIpc) is 2.97. The van der Waals surface area contributed by atoms with Gasteiger partial charge in [0, 0.05) is 11.0 Å². The maximum absolute atomic E-state index is 12.8. The van der Waals surface area contributed by atoms with Crippen molar-refractivity contribution < 1.29 is 9.53 Å². The van der Waals surface area contributed by atoms with E-state index in [-0.39, 0.29) is 5.41 Å². The Morgan fingerprint density at radius 1 is 0.950 bits per heavy atom. The highest BCUT2D eigenvalue weighted by molar-refractivity contribution is 6.05. The van der Waals surface area contributed by atoms with Crippen molar-refractivity contribution in [2.24, 2.45) is 5.41 Å². The summed E-state index contributed by atoms with van der Waals surface area (Å²) in [6.07, 6.45) is 2.58. The highest BCUT2D eigenvalue weighted by Crippen LogP contribution is 2.47. The molecule has 1 spiro atoms. The molecule has 2 heteroatoms. The van der Waals surface area contributed by atoms with Crippen LogP contribution in [0.15, 0.2) is 42.5 Å². The Balaban J connectivity index is 1.75. The Morgan fingerprint density at radius 3 is 2.50 bits per heavy atom. The van der Waals surface area contributed by atoms with Crippen molar-refractivity contribution >= 4 is 5.78 Å². The number of rotatable bonds is 1. The lowest BCUT2D eigenvalue weighted by Crippen LogP contribution is -2.28. The molecule has 2 aliphatic rings. The zero-order valence-electron chi connectivity index (χ0n) is 11.5. The lowest BCUT2D eigenvalue weighted by molar-refractivity contribution is 0.0831. The van der Waals surface area contributed by atoms with Crippen LogP contribution in [0.25, 0.3) is 0 Å². The van der Waals surface area contributed by atoms with E-state index in [2.05, 4.69) is 18.2 Å². The Kier molecular flexibility index (Phi) is 2.31. The maximum Gasteiger partial charge on any atom is 0.170 e. The lowest BCUT2D eigenvalue weighted by Gasteiger charge is -2.20. The third-order valence-corrected chi connectivity index (χ3v) is 4.74. The molecule has 2 nitrogen and oxygen atoms in total. The van der Waals surface area contributed by atoms with Gasteiger partial charge in [-0.15, -0.1) is 0 Å². The molecule has 0 amide bonds. The molecule has 0 heterocycles. The van der Waals surface area contributed by atoms with E-state index in [0.29, 0.717) is 5.78 Å². The Hall–Kier alpha value is -2.09. The average molecular weight is 264 g/mol. The zero-order chi connectivity index (χ0) is 13.7. The number of carbonyl (C=O) groups excluding carboxylic acids is 1. The van der Waals surface area contributed by atoms with Gasteiger partial charge in [0.15, 0.2) is 5.78 Å². The first kappa shape index (κ1) is 11.7. The van der Waals surface area contributed by atoms with Crippen molar-refractivity contribution in [3.63, 3.8) is 0 Å². The minimum absolute atomic E-state index is 0.238. The van der Waals surface area contributed by atoms with Gasteiger partial charge in [0.2, 0.25) is 0 Å². The van der Waals surface area contributed by atoms with Gasteiger partial charge in [-0.1, -0.05) is 30.3 Å². The van der Waals surface area contributed by atoms with E-state index in [1.165, 1.54) is 16.7 Å². The minimum Gasteiger partial charge on any atom is -0.497 e. The number of ether oxygens (including phenoxy) is 1. The Bertz CT molecular complexity index is 717. The number of ketones is 1. The van der Waals surface area contributed by atoms with Crippen LogP contribution in [0.1, 0.15) is 27.0 Å².